The lowest BCUT2D eigenvalue weighted by atomic mass is 10.6. The summed E-state index contributed by atoms with van der Waals surface area (Å²) in [6.07, 6.45) is 5.34. The maximum atomic E-state index is 4.04. The van der Waals surface area contributed by atoms with Crippen LogP contribution in [-0.2, 0) is 0 Å². The third-order valence-corrected chi connectivity index (χ3v) is 1.17. The minimum absolute atomic E-state index is 0. The first-order valence-corrected chi connectivity index (χ1v) is 2.71. The van der Waals surface area contributed by atoms with Crippen LogP contribution in [0.4, 0.5) is 0 Å². The molecule has 3 nitrogen and oxygen atoms in total. The van der Waals surface area contributed by atoms with Crippen LogP contribution in [0, 0.1) is 0 Å². The van der Waals surface area contributed by atoms with Crippen molar-refractivity contribution in [1.29, 1.82) is 0 Å². The van der Waals surface area contributed by atoms with Gasteiger partial charge in [0.05, 0.1) is 6.20 Å². The van der Waals surface area contributed by atoms with Crippen LogP contribution in [0.5, 0.6) is 0 Å². The van der Waals surface area contributed by atoms with E-state index in [-0.39, 0.29) is 48.0 Å². The smallest absolute Gasteiger partial charge is 0.154 e. The second kappa shape index (κ2) is 4.86. The molecule has 60 valence electrons. The van der Waals surface area contributed by atoms with Crippen LogP contribution in [0.15, 0.2) is 30.7 Å². The average molecular weight is 375 g/mol. The lowest BCUT2D eigenvalue weighted by Crippen LogP contribution is -1.85. The number of fused-ring (bicyclic) bond motifs is 1. The Balaban J connectivity index is 0.000000500. The molecule has 0 bridgehead atoms. The summed E-state index contributed by atoms with van der Waals surface area (Å²) in [5.74, 6) is 0. The van der Waals surface area contributed by atoms with E-state index in [9.17, 15) is 0 Å². The number of hydrogen-bond acceptors (Lipinski definition) is 2. The fourth-order valence-electron chi connectivity index (χ4n) is 0.764. The van der Waals surface area contributed by atoms with Gasteiger partial charge in [0.25, 0.3) is 0 Å². The highest BCUT2D eigenvalue weighted by Crippen LogP contribution is 1.93. The Kier molecular flexibility index (Phi) is 4.89. The van der Waals surface area contributed by atoms with Crippen molar-refractivity contribution in [2.75, 3.05) is 0 Å². The Morgan fingerprint density at radius 1 is 1.18 bits per heavy atom. The minimum atomic E-state index is 0. The van der Waals surface area contributed by atoms with Gasteiger partial charge in [0.2, 0.25) is 0 Å². The van der Waals surface area contributed by atoms with Crippen molar-refractivity contribution in [3.05, 3.63) is 30.7 Å². The largest absolute Gasteiger partial charge is 0.237 e. The molecule has 2 aromatic rings. The molecule has 0 radical (unpaired) electrons. The third kappa shape index (κ3) is 2.26. The van der Waals surface area contributed by atoms with E-state index >= 15 is 0 Å². The number of rotatable bonds is 0. The lowest BCUT2D eigenvalue weighted by Gasteiger charge is -1.85. The Bertz CT molecular complexity index is 290. The number of aromatic nitrogens is 3. The quantitative estimate of drug-likeness (QED) is 0.660. The molecule has 2 aromatic heterocycles. The predicted octanol–water partition coefficient (Wildman–Crippen LogP) is 1.97. The summed E-state index contributed by atoms with van der Waals surface area (Å²) >= 11 is 0. The van der Waals surface area contributed by atoms with Gasteiger partial charge in [0, 0.05) is 18.5 Å². The summed E-state index contributed by atoms with van der Waals surface area (Å²) in [6, 6.07) is 3.71. The third-order valence-electron chi connectivity index (χ3n) is 1.17. The first-order chi connectivity index (χ1) is 4.47. The first-order valence-electron chi connectivity index (χ1n) is 2.71. The van der Waals surface area contributed by atoms with E-state index < -0.39 is 0 Å². The van der Waals surface area contributed by atoms with Gasteiger partial charge in [0.15, 0.2) is 5.65 Å². The van der Waals surface area contributed by atoms with Gasteiger partial charge in [-0.05, 0) is 6.07 Å². The molecule has 0 spiro atoms. The van der Waals surface area contributed by atoms with Crippen LogP contribution in [-0.4, -0.2) is 14.6 Å². The van der Waals surface area contributed by atoms with Crippen molar-refractivity contribution < 1.29 is 0 Å². The zero-order chi connectivity index (χ0) is 6.10. The zero-order valence-electron chi connectivity index (χ0n) is 5.54. The average Bonchev–Trinajstić information content (AvgIpc) is 2.33. The molecule has 2 heterocycles. The number of nitrogens with zero attached hydrogens (tertiary/aromatic N) is 3. The maximum absolute atomic E-state index is 4.04. The molecule has 0 aromatic carbocycles. The molecule has 0 fully saturated rings. The molecule has 0 N–H and O–H groups in total. The van der Waals surface area contributed by atoms with Gasteiger partial charge in [-0.1, -0.05) is 0 Å². The molecule has 0 amide bonds. The summed E-state index contributed by atoms with van der Waals surface area (Å²) in [5, 5.41) is 3.97. The van der Waals surface area contributed by atoms with Gasteiger partial charge in [-0.3, -0.25) is 0 Å². The van der Waals surface area contributed by atoms with Crippen molar-refractivity contribution in [3.63, 3.8) is 0 Å². The molecule has 0 aliphatic carbocycles. The van der Waals surface area contributed by atoms with E-state index in [0.29, 0.717) is 0 Å². The number of halogens is 2. The van der Waals surface area contributed by atoms with Gasteiger partial charge >= 0.3 is 0 Å². The summed E-state index contributed by atoms with van der Waals surface area (Å²) in [4.78, 5) is 4.04. The molecule has 2 rings (SSSR count). The highest BCUT2D eigenvalue weighted by atomic mass is 127. The number of hydrogen-bond donors (Lipinski definition) is 0. The molecule has 0 saturated carbocycles. The molecular weight excluding hydrogens is 368 g/mol. The molecule has 0 saturated heterocycles. The van der Waals surface area contributed by atoms with Crippen molar-refractivity contribution in [2.24, 2.45) is 0 Å². The van der Waals surface area contributed by atoms with Gasteiger partial charge in [-0.15, -0.1) is 48.0 Å². The fourth-order valence-corrected chi connectivity index (χ4v) is 0.764. The van der Waals surface area contributed by atoms with E-state index in [1.54, 1.807) is 16.9 Å². The zero-order valence-corrected chi connectivity index (χ0v) is 10.2. The van der Waals surface area contributed by atoms with Crippen LogP contribution in [0.3, 0.4) is 0 Å². The van der Waals surface area contributed by atoms with Crippen molar-refractivity contribution in [3.8, 4) is 0 Å². The second-order valence-corrected chi connectivity index (χ2v) is 1.75. The van der Waals surface area contributed by atoms with Gasteiger partial charge in [0.1, 0.15) is 0 Å². The Labute approximate surface area is 98.2 Å². The fraction of sp³-hybridized carbons (Fsp3) is 0. The summed E-state index contributed by atoms with van der Waals surface area (Å²) in [7, 11) is 0. The van der Waals surface area contributed by atoms with Crippen molar-refractivity contribution >= 4 is 53.6 Å². The van der Waals surface area contributed by atoms with E-state index in [4.69, 9.17) is 0 Å². The second-order valence-electron chi connectivity index (χ2n) is 1.75. The molecule has 0 aliphatic rings. The van der Waals surface area contributed by atoms with Crippen molar-refractivity contribution in [1.82, 2.24) is 14.6 Å². The molecule has 0 aliphatic heterocycles. The van der Waals surface area contributed by atoms with Crippen LogP contribution < -0.4 is 0 Å². The molecule has 11 heavy (non-hydrogen) atoms. The first kappa shape index (κ1) is 11.1. The van der Waals surface area contributed by atoms with Crippen LogP contribution >= 0.6 is 48.0 Å². The van der Waals surface area contributed by atoms with Crippen molar-refractivity contribution in [2.45, 2.75) is 0 Å². The summed E-state index contributed by atoms with van der Waals surface area (Å²) in [6.45, 7) is 0. The lowest BCUT2D eigenvalue weighted by molar-refractivity contribution is 0.939. The minimum Gasteiger partial charge on any atom is -0.237 e. The Morgan fingerprint density at radius 2 is 2.00 bits per heavy atom. The maximum Gasteiger partial charge on any atom is 0.154 e. The monoisotopic (exact) mass is 375 g/mol. The summed E-state index contributed by atoms with van der Waals surface area (Å²) in [5.41, 5.74) is 0.887. The Morgan fingerprint density at radius 3 is 2.73 bits per heavy atom. The van der Waals surface area contributed by atoms with E-state index in [2.05, 4.69) is 10.1 Å². The van der Waals surface area contributed by atoms with Crippen LogP contribution in [0.2, 0.25) is 0 Å². The van der Waals surface area contributed by atoms with Gasteiger partial charge in [-0.25, -0.2) is 9.50 Å². The molecule has 5 heteroatoms. The van der Waals surface area contributed by atoms with Gasteiger partial charge < -0.3 is 0 Å². The van der Waals surface area contributed by atoms with E-state index in [1.807, 2.05) is 18.3 Å². The highest BCUT2D eigenvalue weighted by Gasteiger charge is 1.86. The Hall–Kier alpha value is 0.0800. The van der Waals surface area contributed by atoms with E-state index in [0.717, 1.165) is 5.65 Å². The summed E-state index contributed by atoms with van der Waals surface area (Å²) < 4.78 is 1.72. The molecular formula is C6H7I2N3. The van der Waals surface area contributed by atoms with Crippen LogP contribution in [0.25, 0.3) is 5.65 Å². The normalized spacial score (nSPS) is 8.36. The molecule has 0 atom stereocenters. The predicted molar refractivity (Wildman–Crippen MR) is 63.8 cm³/mol. The SMILES string of the molecule is I.I.c1cnc2ccnn2c1. The highest BCUT2D eigenvalue weighted by molar-refractivity contribution is 14.0. The topological polar surface area (TPSA) is 30.2 Å². The standard InChI is InChI=1S/C6H5N3.2HI/c1-3-7-6-2-4-8-9(6)5-1;;/h1-5H;2*1H. The molecule has 0 unspecified atom stereocenters. The van der Waals surface area contributed by atoms with Crippen LogP contribution in [0.1, 0.15) is 0 Å². The van der Waals surface area contributed by atoms with E-state index in [1.165, 1.54) is 0 Å². The van der Waals surface area contributed by atoms with Gasteiger partial charge in [-0.2, -0.15) is 5.10 Å².